The van der Waals surface area contributed by atoms with Gasteiger partial charge in [0.2, 0.25) is 5.75 Å². The molecule has 1 aromatic carbocycles. The summed E-state index contributed by atoms with van der Waals surface area (Å²) in [4.78, 5) is 0.681. The molecule has 0 aliphatic heterocycles. The number of hydrogen-bond donors (Lipinski definition) is 1. The van der Waals surface area contributed by atoms with Crippen LogP contribution in [0.3, 0.4) is 0 Å². The van der Waals surface area contributed by atoms with Crippen molar-refractivity contribution in [3.8, 4) is 17.2 Å². The Balaban J connectivity index is 2.49. The lowest BCUT2D eigenvalue weighted by atomic mass is 10.1. The van der Waals surface area contributed by atoms with Crippen molar-refractivity contribution in [2.75, 3.05) is 21.3 Å². The number of hydrogen-bond acceptors (Lipinski definition) is 5. The molecule has 1 N–H and O–H groups in total. The molecule has 2 aromatic rings. The minimum Gasteiger partial charge on any atom is -0.493 e. The van der Waals surface area contributed by atoms with Gasteiger partial charge < -0.3 is 19.3 Å². The number of aliphatic hydroxyl groups excluding tert-OH is 1. The van der Waals surface area contributed by atoms with Gasteiger partial charge in [-0.1, -0.05) is 11.6 Å². The molecule has 0 bridgehead atoms. The fourth-order valence-electron chi connectivity index (χ4n) is 1.91. The van der Waals surface area contributed by atoms with Crippen LogP contribution in [0, 0.1) is 0 Å². The molecule has 2 rings (SSSR count). The van der Waals surface area contributed by atoms with E-state index in [4.69, 9.17) is 25.8 Å². The van der Waals surface area contributed by atoms with Crippen LogP contribution in [0.1, 0.15) is 16.5 Å². The summed E-state index contributed by atoms with van der Waals surface area (Å²) in [5.41, 5.74) is 0.629. The number of aliphatic hydroxyl groups is 1. The Labute approximate surface area is 126 Å². The molecular formula is C14H15ClO4S. The minimum absolute atomic E-state index is 0.489. The maximum Gasteiger partial charge on any atom is 0.203 e. The van der Waals surface area contributed by atoms with Crippen LogP contribution in [0.15, 0.2) is 23.6 Å². The van der Waals surface area contributed by atoms with E-state index in [-0.39, 0.29) is 0 Å². The zero-order valence-electron chi connectivity index (χ0n) is 11.3. The highest BCUT2D eigenvalue weighted by atomic mass is 35.5. The third-order valence-corrected chi connectivity index (χ3v) is 4.31. The molecule has 1 heterocycles. The first-order chi connectivity index (χ1) is 9.62. The standard InChI is InChI=1S/C14H15ClO4S/c1-17-10-6-8(7-11(18-2)13(10)19-3)12(16)14-9(15)4-5-20-14/h4-7,12,16H,1-3H3. The Hall–Kier alpha value is -1.43. The van der Waals surface area contributed by atoms with Gasteiger partial charge in [-0.25, -0.2) is 0 Å². The molecule has 0 spiro atoms. The summed E-state index contributed by atoms with van der Waals surface area (Å²) < 4.78 is 15.8. The van der Waals surface area contributed by atoms with E-state index in [0.717, 1.165) is 0 Å². The molecule has 1 atom stereocenters. The van der Waals surface area contributed by atoms with Crippen LogP contribution >= 0.6 is 22.9 Å². The Bertz CT molecular complexity index is 572. The highest BCUT2D eigenvalue weighted by molar-refractivity contribution is 7.10. The highest BCUT2D eigenvalue weighted by Gasteiger charge is 2.20. The van der Waals surface area contributed by atoms with E-state index in [0.29, 0.717) is 32.7 Å². The van der Waals surface area contributed by atoms with Crippen LogP contribution in [0.2, 0.25) is 5.02 Å². The third kappa shape index (κ3) is 2.70. The molecule has 0 amide bonds. The lowest BCUT2D eigenvalue weighted by Crippen LogP contribution is -2.02. The lowest BCUT2D eigenvalue weighted by molar-refractivity contribution is 0.222. The van der Waals surface area contributed by atoms with Crippen LogP contribution in [0.4, 0.5) is 0 Å². The van der Waals surface area contributed by atoms with Crippen LogP contribution in [0.5, 0.6) is 17.2 Å². The summed E-state index contributed by atoms with van der Waals surface area (Å²) in [5, 5.41) is 12.8. The lowest BCUT2D eigenvalue weighted by Gasteiger charge is -2.16. The van der Waals surface area contributed by atoms with Crippen LogP contribution in [0.25, 0.3) is 0 Å². The van der Waals surface area contributed by atoms with Crippen molar-refractivity contribution < 1.29 is 19.3 Å². The molecule has 0 radical (unpaired) electrons. The van der Waals surface area contributed by atoms with E-state index in [9.17, 15) is 5.11 Å². The number of halogens is 1. The molecule has 6 heteroatoms. The summed E-state index contributed by atoms with van der Waals surface area (Å²) in [6.45, 7) is 0. The summed E-state index contributed by atoms with van der Waals surface area (Å²) in [7, 11) is 4.60. The van der Waals surface area contributed by atoms with Gasteiger partial charge in [0, 0.05) is 0 Å². The van der Waals surface area contributed by atoms with E-state index >= 15 is 0 Å². The van der Waals surface area contributed by atoms with Gasteiger partial charge >= 0.3 is 0 Å². The average Bonchev–Trinajstić information content (AvgIpc) is 2.90. The second-order valence-electron chi connectivity index (χ2n) is 3.99. The third-order valence-electron chi connectivity index (χ3n) is 2.90. The van der Waals surface area contributed by atoms with Crippen molar-refractivity contribution in [1.82, 2.24) is 0 Å². The summed E-state index contributed by atoms with van der Waals surface area (Å²) >= 11 is 7.45. The van der Waals surface area contributed by atoms with Gasteiger partial charge in [0.05, 0.1) is 31.2 Å². The number of rotatable bonds is 5. The molecule has 1 aromatic heterocycles. The summed E-state index contributed by atoms with van der Waals surface area (Å²) in [5.74, 6) is 1.48. The van der Waals surface area contributed by atoms with Crippen LogP contribution in [-0.4, -0.2) is 26.4 Å². The number of ether oxygens (including phenoxy) is 3. The first-order valence-electron chi connectivity index (χ1n) is 5.83. The zero-order chi connectivity index (χ0) is 14.7. The van der Waals surface area contributed by atoms with Gasteiger partial charge in [-0.2, -0.15) is 0 Å². The normalized spacial score (nSPS) is 12.1. The van der Waals surface area contributed by atoms with E-state index in [1.54, 1.807) is 18.2 Å². The Kier molecular flexibility index (Phi) is 4.75. The Morgan fingerprint density at radius 1 is 1.10 bits per heavy atom. The maximum atomic E-state index is 10.4. The van der Waals surface area contributed by atoms with Gasteiger partial charge in [-0.3, -0.25) is 0 Å². The van der Waals surface area contributed by atoms with E-state index in [1.165, 1.54) is 32.7 Å². The molecule has 0 fully saturated rings. The molecule has 20 heavy (non-hydrogen) atoms. The van der Waals surface area contributed by atoms with Crippen molar-refractivity contribution in [3.05, 3.63) is 39.0 Å². The molecule has 4 nitrogen and oxygen atoms in total. The smallest absolute Gasteiger partial charge is 0.203 e. The minimum atomic E-state index is -0.837. The molecule has 0 aliphatic carbocycles. The van der Waals surface area contributed by atoms with Crippen molar-refractivity contribution in [3.63, 3.8) is 0 Å². The maximum absolute atomic E-state index is 10.4. The quantitative estimate of drug-likeness (QED) is 0.917. The number of benzene rings is 1. The second kappa shape index (κ2) is 6.35. The van der Waals surface area contributed by atoms with Gasteiger partial charge in [0.1, 0.15) is 6.10 Å². The Morgan fingerprint density at radius 2 is 1.70 bits per heavy atom. The van der Waals surface area contributed by atoms with E-state index in [1.807, 2.05) is 5.38 Å². The SMILES string of the molecule is COc1cc(C(O)c2sccc2Cl)cc(OC)c1OC. The Morgan fingerprint density at radius 3 is 2.10 bits per heavy atom. The van der Waals surface area contributed by atoms with Crippen molar-refractivity contribution in [2.24, 2.45) is 0 Å². The van der Waals surface area contributed by atoms with Gasteiger partial charge in [0.15, 0.2) is 11.5 Å². The van der Waals surface area contributed by atoms with Crippen molar-refractivity contribution in [1.29, 1.82) is 0 Å². The first kappa shape index (κ1) is 15.0. The monoisotopic (exact) mass is 314 g/mol. The predicted molar refractivity (Wildman–Crippen MR) is 79.5 cm³/mol. The molecule has 0 saturated carbocycles. The topological polar surface area (TPSA) is 47.9 Å². The first-order valence-corrected chi connectivity index (χ1v) is 7.09. The summed E-state index contributed by atoms with van der Waals surface area (Å²) in [6, 6.07) is 5.17. The van der Waals surface area contributed by atoms with Gasteiger partial charge in [-0.05, 0) is 29.1 Å². The highest BCUT2D eigenvalue weighted by Crippen LogP contribution is 2.42. The molecule has 108 valence electrons. The van der Waals surface area contributed by atoms with Crippen molar-refractivity contribution >= 4 is 22.9 Å². The summed E-state index contributed by atoms with van der Waals surface area (Å²) in [6.07, 6.45) is -0.837. The van der Waals surface area contributed by atoms with E-state index < -0.39 is 6.10 Å². The predicted octanol–water partition coefficient (Wildman–Crippen LogP) is 3.51. The number of methoxy groups -OCH3 is 3. The van der Waals surface area contributed by atoms with Crippen molar-refractivity contribution in [2.45, 2.75) is 6.10 Å². The van der Waals surface area contributed by atoms with Crippen LogP contribution in [-0.2, 0) is 0 Å². The fourth-order valence-corrected chi connectivity index (χ4v) is 3.08. The molecule has 0 saturated heterocycles. The van der Waals surface area contributed by atoms with Gasteiger partial charge in [-0.15, -0.1) is 11.3 Å². The largest absolute Gasteiger partial charge is 0.493 e. The number of thiophene rings is 1. The van der Waals surface area contributed by atoms with Crippen LogP contribution < -0.4 is 14.2 Å². The molecule has 0 aliphatic rings. The molecule has 1 unspecified atom stereocenters. The second-order valence-corrected chi connectivity index (χ2v) is 5.35. The zero-order valence-corrected chi connectivity index (χ0v) is 12.9. The fraction of sp³-hybridized carbons (Fsp3) is 0.286. The van der Waals surface area contributed by atoms with E-state index in [2.05, 4.69) is 0 Å². The average molecular weight is 315 g/mol. The van der Waals surface area contributed by atoms with Gasteiger partial charge in [0.25, 0.3) is 0 Å². The molecular weight excluding hydrogens is 300 g/mol.